The molecule has 0 spiro atoms. The molecule has 70 heavy (non-hydrogen) atoms. The van der Waals surface area contributed by atoms with Crippen LogP contribution in [0.3, 0.4) is 0 Å². The van der Waals surface area contributed by atoms with Gasteiger partial charge in [0.1, 0.15) is 13.2 Å². The maximum atomic E-state index is 12.9. The molecule has 0 heterocycles. The van der Waals surface area contributed by atoms with Gasteiger partial charge in [0.05, 0.1) is 0 Å². The van der Waals surface area contributed by atoms with Crippen LogP contribution in [0.4, 0.5) is 0 Å². The van der Waals surface area contributed by atoms with Crippen LogP contribution >= 0.6 is 0 Å². The van der Waals surface area contributed by atoms with Crippen LogP contribution in [-0.4, -0.2) is 37.2 Å². The molecular formula is C64H124O6. The first-order valence-corrected chi connectivity index (χ1v) is 31.6. The Morgan fingerprint density at radius 2 is 0.500 bits per heavy atom. The van der Waals surface area contributed by atoms with Gasteiger partial charge in [0.15, 0.2) is 6.10 Å². The first kappa shape index (κ1) is 68.4. The van der Waals surface area contributed by atoms with Crippen molar-refractivity contribution in [1.82, 2.24) is 0 Å². The summed E-state index contributed by atoms with van der Waals surface area (Å²) in [6.07, 6.45) is 59.7. The highest BCUT2D eigenvalue weighted by molar-refractivity contribution is 5.71. The monoisotopic (exact) mass is 989 g/mol. The molecule has 0 saturated carbocycles. The summed E-state index contributed by atoms with van der Waals surface area (Å²) in [4.78, 5) is 38.2. The molecule has 0 aliphatic heterocycles. The third-order valence-corrected chi connectivity index (χ3v) is 15.0. The summed E-state index contributed by atoms with van der Waals surface area (Å²) < 4.78 is 16.9. The second kappa shape index (κ2) is 55.2. The fraction of sp³-hybridized carbons (Fsp3) is 0.953. The van der Waals surface area contributed by atoms with E-state index in [1.165, 1.54) is 238 Å². The number of hydrogen-bond donors (Lipinski definition) is 0. The Bertz CT molecular complexity index is 1090. The van der Waals surface area contributed by atoms with Crippen LogP contribution in [0.1, 0.15) is 356 Å². The van der Waals surface area contributed by atoms with E-state index < -0.39 is 6.10 Å². The van der Waals surface area contributed by atoms with Gasteiger partial charge in [-0.3, -0.25) is 14.4 Å². The summed E-state index contributed by atoms with van der Waals surface area (Å²) in [6.45, 7) is 13.8. The maximum Gasteiger partial charge on any atom is 0.306 e. The Balaban J connectivity index is 4.22. The third kappa shape index (κ3) is 55.7. The standard InChI is InChI=1S/C64H124O6/c1-7-60(6)52-46-40-34-27-23-19-15-10-8-9-11-17-21-25-29-37-43-49-55-64(67)70-61(57-69-63(66)54-48-42-36-31-30-33-39-45-51-59(4)5)56-68-62(65)53-47-41-35-28-24-20-16-13-12-14-18-22-26-32-38-44-50-58(2)3/h58-61H,7-57H2,1-6H3/t60?,61-/m0/s1. The quantitative estimate of drug-likeness (QED) is 0.0343. The van der Waals surface area contributed by atoms with E-state index in [0.29, 0.717) is 19.3 Å². The van der Waals surface area contributed by atoms with E-state index in [2.05, 4.69) is 41.5 Å². The van der Waals surface area contributed by atoms with Crippen molar-refractivity contribution in [2.24, 2.45) is 17.8 Å². The number of ether oxygens (including phenoxy) is 3. The van der Waals surface area contributed by atoms with Gasteiger partial charge in [0.2, 0.25) is 0 Å². The van der Waals surface area contributed by atoms with Gasteiger partial charge >= 0.3 is 17.9 Å². The lowest BCUT2D eigenvalue weighted by atomic mass is 9.99. The Morgan fingerprint density at radius 1 is 0.286 bits per heavy atom. The highest BCUT2D eigenvalue weighted by Gasteiger charge is 2.19. The highest BCUT2D eigenvalue weighted by Crippen LogP contribution is 2.19. The van der Waals surface area contributed by atoms with Crippen LogP contribution in [0.25, 0.3) is 0 Å². The smallest absolute Gasteiger partial charge is 0.306 e. The van der Waals surface area contributed by atoms with E-state index in [9.17, 15) is 14.4 Å². The fourth-order valence-corrected chi connectivity index (χ4v) is 9.85. The Labute approximate surface area is 438 Å². The molecule has 416 valence electrons. The minimum Gasteiger partial charge on any atom is -0.462 e. The summed E-state index contributed by atoms with van der Waals surface area (Å²) in [5.41, 5.74) is 0. The molecule has 0 aromatic rings. The second-order valence-corrected chi connectivity index (χ2v) is 23.2. The normalized spacial score (nSPS) is 12.5. The van der Waals surface area contributed by atoms with Gasteiger partial charge in [-0.15, -0.1) is 0 Å². The van der Waals surface area contributed by atoms with Crippen molar-refractivity contribution in [2.75, 3.05) is 13.2 Å². The molecule has 0 aliphatic rings. The minimum absolute atomic E-state index is 0.0632. The predicted molar refractivity (Wildman–Crippen MR) is 303 cm³/mol. The summed E-state index contributed by atoms with van der Waals surface area (Å²) >= 11 is 0. The van der Waals surface area contributed by atoms with Crippen LogP contribution in [0.15, 0.2) is 0 Å². The third-order valence-electron chi connectivity index (χ3n) is 15.0. The molecule has 0 radical (unpaired) electrons. The number of esters is 3. The Kier molecular flexibility index (Phi) is 53.9. The number of carbonyl (C=O) groups excluding carboxylic acids is 3. The van der Waals surface area contributed by atoms with Crippen LogP contribution in [0.2, 0.25) is 0 Å². The van der Waals surface area contributed by atoms with Gasteiger partial charge in [0.25, 0.3) is 0 Å². The summed E-state index contributed by atoms with van der Waals surface area (Å²) in [6, 6.07) is 0. The molecule has 0 bridgehead atoms. The molecule has 1 unspecified atom stereocenters. The lowest BCUT2D eigenvalue weighted by Crippen LogP contribution is -2.30. The van der Waals surface area contributed by atoms with Crippen molar-refractivity contribution in [3.8, 4) is 0 Å². The molecule has 6 nitrogen and oxygen atoms in total. The van der Waals surface area contributed by atoms with Crippen LogP contribution in [0.5, 0.6) is 0 Å². The molecule has 0 aliphatic carbocycles. The first-order chi connectivity index (χ1) is 34.1. The SMILES string of the molecule is CCC(C)CCCCCCCCCCCCCCCCCCCCC(=O)O[C@@H](COC(=O)CCCCCCCCCCCCCCCCCCC(C)C)COC(=O)CCCCCCCCCCC(C)C. The molecule has 0 amide bonds. The molecule has 0 fully saturated rings. The van der Waals surface area contributed by atoms with Crippen LogP contribution < -0.4 is 0 Å². The number of carbonyl (C=O) groups is 3. The number of unbranched alkanes of at least 4 members (excludes halogenated alkanes) is 39. The Hall–Kier alpha value is -1.59. The molecule has 0 saturated heterocycles. The van der Waals surface area contributed by atoms with Gasteiger partial charge in [-0.25, -0.2) is 0 Å². The van der Waals surface area contributed by atoms with Crippen molar-refractivity contribution in [2.45, 2.75) is 362 Å². The molecule has 6 heteroatoms. The van der Waals surface area contributed by atoms with E-state index in [0.717, 1.165) is 75.5 Å². The average molecular weight is 990 g/mol. The topological polar surface area (TPSA) is 78.9 Å². The van der Waals surface area contributed by atoms with E-state index in [-0.39, 0.29) is 31.1 Å². The molecule has 0 N–H and O–H groups in total. The summed E-state index contributed by atoms with van der Waals surface area (Å²) in [7, 11) is 0. The Morgan fingerprint density at radius 3 is 0.743 bits per heavy atom. The molecule has 2 atom stereocenters. The van der Waals surface area contributed by atoms with Crippen molar-refractivity contribution in [3.05, 3.63) is 0 Å². The van der Waals surface area contributed by atoms with Crippen molar-refractivity contribution >= 4 is 17.9 Å². The fourth-order valence-electron chi connectivity index (χ4n) is 9.85. The lowest BCUT2D eigenvalue weighted by Gasteiger charge is -2.18. The summed E-state index contributed by atoms with van der Waals surface area (Å²) in [5, 5.41) is 0. The lowest BCUT2D eigenvalue weighted by molar-refractivity contribution is -0.167. The average Bonchev–Trinajstić information content (AvgIpc) is 3.33. The van der Waals surface area contributed by atoms with E-state index in [1.54, 1.807) is 0 Å². The molecule has 0 rings (SSSR count). The second-order valence-electron chi connectivity index (χ2n) is 23.2. The molecular weight excluding hydrogens is 865 g/mol. The maximum absolute atomic E-state index is 12.9. The van der Waals surface area contributed by atoms with Crippen LogP contribution in [-0.2, 0) is 28.6 Å². The van der Waals surface area contributed by atoms with Crippen molar-refractivity contribution < 1.29 is 28.6 Å². The van der Waals surface area contributed by atoms with Gasteiger partial charge in [-0.2, -0.15) is 0 Å². The number of rotatable bonds is 57. The molecule has 0 aromatic carbocycles. The van der Waals surface area contributed by atoms with Gasteiger partial charge < -0.3 is 14.2 Å². The predicted octanol–water partition coefficient (Wildman–Crippen LogP) is 21.1. The van der Waals surface area contributed by atoms with Crippen molar-refractivity contribution in [1.29, 1.82) is 0 Å². The molecule has 0 aromatic heterocycles. The minimum atomic E-state index is -0.764. The van der Waals surface area contributed by atoms with Gasteiger partial charge in [-0.05, 0) is 37.0 Å². The largest absolute Gasteiger partial charge is 0.462 e. The summed E-state index contributed by atoms with van der Waals surface area (Å²) in [5.74, 6) is 1.72. The van der Waals surface area contributed by atoms with E-state index in [1.807, 2.05) is 0 Å². The van der Waals surface area contributed by atoms with Crippen LogP contribution in [0, 0.1) is 17.8 Å². The zero-order valence-electron chi connectivity index (χ0n) is 48.3. The van der Waals surface area contributed by atoms with Gasteiger partial charge in [-0.1, -0.05) is 318 Å². The van der Waals surface area contributed by atoms with E-state index in [4.69, 9.17) is 14.2 Å². The van der Waals surface area contributed by atoms with Gasteiger partial charge in [0, 0.05) is 19.3 Å². The van der Waals surface area contributed by atoms with Crippen molar-refractivity contribution in [3.63, 3.8) is 0 Å². The number of hydrogen-bond acceptors (Lipinski definition) is 6. The van der Waals surface area contributed by atoms with E-state index >= 15 is 0 Å². The zero-order chi connectivity index (χ0) is 51.2. The first-order valence-electron chi connectivity index (χ1n) is 31.6. The zero-order valence-corrected chi connectivity index (χ0v) is 48.3. The highest BCUT2D eigenvalue weighted by atomic mass is 16.6.